The number of nitrogens with zero attached hydrogens (tertiary/aromatic N) is 3. The number of anilines is 1. The van der Waals surface area contributed by atoms with E-state index in [1.54, 1.807) is 36.7 Å². The second-order valence-electron chi connectivity index (χ2n) is 7.89. The largest absolute Gasteiger partial charge is 0.467 e. The third-order valence-corrected chi connectivity index (χ3v) is 6.88. The number of aromatic nitrogens is 2. The van der Waals surface area contributed by atoms with Gasteiger partial charge in [-0.25, -0.2) is 9.37 Å². The summed E-state index contributed by atoms with van der Waals surface area (Å²) < 4.78 is 20.5. The summed E-state index contributed by atoms with van der Waals surface area (Å²) >= 11 is 6.54. The third-order valence-electron chi connectivity index (χ3n) is 5.50. The fourth-order valence-electron chi connectivity index (χ4n) is 3.70. The molecule has 4 aromatic rings. The maximum atomic E-state index is 13.5. The molecule has 0 aliphatic carbocycles. The van der Waals surface area contributed by atoms with Gasteiger partial charge in [-0.05, 0) is 54.5 Å². The number of rotatable bonds is 6. The van der Waals surface area contributed by atoms with Gasteiger partial charge in [0.25, 0.3) is 11.5 Å². The van der Waals surface area contributed by atoms with E-state index in [4.69, 9.17) is 16.6 Å². The highest BCUT2D eigenvalue weighted by Gasteiger charge is 2.32. The first-order chi connectivity index (χ1) is 16.9. The first-order valence-corrected chi connectivity index (χ1v) is 11.9. The number of hydrogen-bond donors (Lipinski definition) is 1. The second-order valence-corrected chi connectivity index (χ2v) is 9.57. The summed E-state index contributed by atoms with van der Waals surface area (Å²) in [6, 6.07) is 13.1. The number of carbonyl (C=O) groups is 1. The van der Waals surface area contributed by atoms with E-state index in [0.29, 0.717) is 33.0 Å². The van der Waals surface area contributed by atoms with Crippen molar-refractivity contribution in [3.8, 4) is 0 Å². The average molecular weight is 507 g/mol. The number of thioether (sulfide) groups is 1. The lowest BCUT2D eigenvalue weighted by molar-refractivity contribution is -0.122. The Morgan fingerprint density at radius 2 is 1.97 bits per heavy atom. The molecule has 176 valence electrons. The van der Waals surface area contributed by atoms with Crippen LogP contribution in [0.25, 0.3) is 11.7 Å². The highest BCUT2D eigenvalue weighted by atomic mass is 32.2. The van der Waals surface area contributed by atoms with Gasteiger partial charge in [0.2, 0.25) is 0 Å². The van der Waals surface area contributed by atoms with Crippen LogP contribution in [0.5, 0.6) is 0 Å². The van der Waals surface area contributed by atoms with E-state index < -0.39 is 0 Å². The summed E-state index contributed by atoms with van der Waals surface area (Å²) in [5, 5.41) is 3.17. The van der Waals surface area contributed by atoms with Crippen LogP contribution in [-0.4, -0.2) is 24.5 Å². The molecule has 10 heteroatoms. The van der Waals surface area contributed by atoms with E-state index in [0.717, 1.165) is 22.9 Å². The van der Waals surface area contributed by atoms with E-state index in [9.17, 15) is 14.0 Å². The number of fused-ring (bicyclic) bond motifs is 1. The highest BCUT2D eigenvalue weighted by Crippen LogP contribution is 2.34. The number of pyridine rings is 1. The molecule has 0 saturated carbocycles. The smallest absolute Gasteiger partial charge is 0.267 e. The first-order valence-electron chi connectivity index (χ1n) is 10.7. The minimum absolute atomic E-state index is 0.208. The number of hydrogen-bond acceptors (Lipinski definition) is 7. The van der Waals surface area contributed by atoms with Gasteiger partial charge in [0.05, 0.1) is 29.8 Å². The molecule has 1 aliphatic heterocycles. The predicted octanol–water partition coefficient (Wildman–Crippen LogP) is 4.75. The maximum Gasteiger partial charge on any atom is 0.267 e. The number of furan rings is 1. The van der Waals surface area contributed by atoms with E-state index in [-0.39, 0.29) is 29.4 Å². The predicted molar refractivity (Wildman–Crippen MR) is 137 cm³/mol. The summed E-state index contributed by atoms with van der Waals surface area (Å²) in [7, 11) is 0. The average Bonchev–Trinajstić information content (AvgIpc) is 3.45. The van der Waals surface area contributed by atoms with E-state index in [2.05, 4.69) is 10.3 Å². The lowest BCUT2D eigenvalue weighted by atomic mass is 10.2. The van der Waals surface area contributed by atoms with Crippen LogP contribution in [0.15, 0.2) is 75.1 Å². The molecule has 5 rings (SSSR count). The molecule has 1 N–H and O–H groups in total. The molecule has 1 saturated heterocycles. The Labute approximate surface area is 209 Å². The zero-order valence-corrected chi connectivity index (χ0v) is 20.2. The monoisotopic (exact) mass is 506 g/mol. The van der Waals surface area contributed by atoms with Gasteiger partial charge < -0.3 is 9.73 Å². The van der Waals surface area contributed by atoms with Crippen molar-refractivity contribution < 1.29 is 13.6 Å². The third kappa shape index (κ3) is 4.62. The van der Waals surface area contributed by atoms with E-state index in [1.165, 1.54) is 27.5 Å². The standard InChI is InChI=1S/C25H19FN4O3S2/c1-15-4-2-10-29-22(15)28-21(27-13-18-5-3-11-33-18)19(23(29)31)12-20-24(32)30(25(34)35-20)14-16-6-8-17(26)9-7-16/h2-12,27H,13-14H2,1H3. The Bertz CT molecular complexity index is 1530. The molecule has 0 spiro atoms. The number of aryl methyl sites for hydroxylation is 1. The molecule has 4 heterocycles. The van der Waals surface area contributed by atoms with Crippen LogP contribution in [0, 0.1) is 12.7 Å². The van der Waals surface area contributed by atoms with Crippen molar-refractivity contribution >= 4 is 51.7 Å². The molecule has 35 heavy (non-hydrogen) atoms. The Hall–Kier alpha value is -3.76. The molecule has 0 radical (unpaired) electrons. The lowest BCUT2D eigenvalue weighted by Crippen LogP contribution is -2.27. The zero-order valence-electron chi connectivity index (χ0n) is 18.5. The number of amides is 1. The Morgan fingerprint density at radius 3 is 2.71 bits per heavy atom. The summed E-state index contributed by atoms with van der Waals surface area (Å²) in [6.45, 7) is 2.40. The van der Waals surface area contributed by atoms with Gasteiger partial charge in [-0.15, -0.1) is 0 Å². The van der Waals surface area contributed by atoms with Gasteiger partial charge in [-0.3, -0.25) is 18.9 Å². The summed E-state index contributed by atoms with van der Waals surface area (Å²) in [6.07, 6.45) is 4.74. The van der Waals surface area contributed by atoms with Crippen LogP contribution in [0.1, 0.15) is 22.5 Å². The zero-order chi connectivity index (χ0) is 24.5. The highest BCUT2D eigenvalue weighted by molar-refractivity contribution is 8.26. The molecule has 1 amide bonds. The van der Waals surface area contributed by atoms with Crippen molar-refractivity contribution in [1.82, 2.24) is 14.3 Å². The van der Waals surface area contributed by atoms with Gasteiger partial charge in [0.15, 0.2) is 0 Å². The number of halogens is 1. The van der Waals surface area contributed by atoms with Crippen molar-refractivity contribution in [2.75, 3.05) is 5.32 Å². The Morgan fingerprint density at radius 1 is 1.17 bits per heavy atom. The van der Waals surface area contributed by atoms with E-state index >= 15 is 0 Å². The first kappa shape index (κ1) is 23.0. The van der Waals surface area contributed by atoms with Gasteiger partial charge in [0.1, 0.15) is 27.4 Å². The molecule has 0 atom stereocenters. The van der Waals surface area contributed by atoms with Crippen molar-refractivity contribution in [3.63, 3.8) is 0 Å². The summed E-state index contributed by atoms with van der Waals surface area (Å²) in [5.41, 5.74) is 2.02. The van der Waals surface area contributed by atoms with Crippen molar-refractivity contribution in [2.45, 2.75) is 20.0 Å². The van der Waals surface area contributed by atoms with Crippen LogP contribution in [0.3, 0.4) is 0 Å². The molecule has 0 unspecified atom stereocenters. The maximum absolute atomic E-state index is 13.5. The minimum atomic E-state index is -0.354. The molecule has 7 nitrogen and oxygen atoms in total. The molecule has 1 aromatic carbocycles. The fourth-order valence-corrected chi connectivity index (χ4v) is 4.94. The Kier molecular flexibility index (Phi) is 6.23. The topological polar surface area (TPSA) is 79.9 Å². The van der Waals surface area contributed by atoms with Gasteiger partial charge in [-0.2, -0.15) is 0 Å². The Balaban J connectivity index is 1.53. The number of benzene rings is 1. The number of carbonyl (C=O) groups excluding carboxylic acids is 1. The van der Waals surface area contributed by atoms with Gasteiger partial charge in [0, 0.05) is 6.20 Å². The molecule has 1 fully saturated rings. The van der Waals surface area contributed by atoms with E-state index in [1.807, 2.05) is 19.1 Å². The quantitative estimate of drug-likeness (QED) is 0.299. The van der Waals surface area contributed by atoms with Crippen LogP contribution in [-0.2, 0) is 17.9 Å². The van der Waals surface area contributed by atoms with Crippen molar-refractivity contribution in [3.05, 3.63) is 105 Å². The minimum Gasteiger partial charge on any atom is -0.467 e. The SMILES string of the molecule is Cc1cccn2c(=O)c(C=C3SC(=S)N(Cc4ccc(F)cc4)C3=O)c(NCc3ccco3)nc12. The van der Waals surface area contributed by atoms with Gasteiger partial charge in [-0.1, -0.05) is 42.2 Å². The summed E-state index contributed by atoms with van der Waals surface area (Å²) in [4.78, 5) is 33.1. The molecular weight excluding hydrogens is 487 g/mol. The van der Waals surface area contributed by atoms with Crippen molar-refractivity contribution in [1.29, 1.82) is 0 Å². The summed E-state index contributed by atoms with van der Waals surface area (Å²) in [5.74, 6) is 0.334. The molecule has 3 aromatic heterocycles. The molecule has 0 bridgehead atoms. The van der Waals surface area contributed by atoms with Crippen molar-refractivity contribution in [2.24, 2.45) is 0 Å². The number of nitrogens with one attached hydrogen (secondary N) is 1. The normalized spacial score (nSPS) is 14.9. The number of thiocarbonyl (C=S) groups is 1. The lowest BCUT2D eigenvalue weighted by Gasteiger charge is -2.14. The molecular formula is C25H19FN4O3S2. The second kappa shape index (κ2) is 9.47. The van der Waals surface area contributed by atoms with Crippen LogP contribution >= 0.6 is 24.0 Å². The van der Waals surface area contributed by atoms with Crippen LogP contribution in [0.2, 0.25) is 0 Å². The fraction of sp³-hybridized carbons (Fsp3) is 0.120. The van der Waals surface area contributed by atoms with Crippen LogP contribution < -0.4 is 10.9 Å². The molecule has 1 aliphatic rings. The van der Waals surface area contributed by atoms with Gasteiger partial charge >= 0.3 is 0 Å². The van der Waals surface area contributed by atoms with Crippen LogP contribution in [0.4, 0.5) is 10.2 Å².